The normalized spacial score (nSPS) is 10.6. The van der Waals surface area contributed by atoms with E-state index in [0.29, 0.717) is 33.5 Å². The van der Waals surface area contributed by atoms with Crippen molar-refractivity contribution < 1.29 is 13.6 Å². The summed E-state index contributed by atoms with van der Waals surface area (Å²) in [5.41, 5.74) is 2.28. The number of nitrogens with one attached hydrogen (secondary N) is 1. The van der Waals surface area contributed by atoms with Crippen molar-refractivity contribution in [2.24, 2.45) is 0 Å². The average Bonchev–Trinajstić information content (AvgIpc) is 3.20. The van der Waals surface area contributed by atoms with Gasteiger partial charge in [0.2, 0.25) is 5.89 Å². The molecule has 1 aromatic heterocycles. The summed E-state index contributed by atoms with van der Waals surface area (Å²) in [6.07, 6.45) is 1.60. The predicted molar refractivity (Wildman–Crippen MR) is 107 cm³/mol. The maximum atomic E-state index is 13.1. The molecule has 0 spiro atoms. The summed E-state index contributed by atoms with van der Waals surface area (Å²) in [6, 6.07) is 19.8. The highest BCUT2D eigenvalue weighted by Gasteiger charge is 2.17. The Bertz CT molecular complexity index is 1120. The predicted octanol–water partition coefficient (Wildman–Crippen LogP) is 6.05. The van der Waals surface area contributed by atoms with Crippen LogP contribution in [0.1, 0.15) is 10.4 Å². The van der Waals surface area contributed by atoms with Crippen LogP contribution in [0.2, 0.25) is 5.02 Å². The van der Waals surface area contributed by atoms with Gasteiger partial charge in [-0.25, -0.2) is 9.37 Å². The number of anilines is 1. The second-order valence-electron chi connectivity index (χ2n) is 6.04. The number of carbonyl (C=O) groups excluding carboxylic acids is 1. The number of benzene rings is 3. The van der Waals surface area contributed by atoms with Gasteiger partial charge in [-0.05, 0) is 60.7 Å². The minimum Gasteiger partial charge on any atom is -0.436 e. The van der Waals surface area contributed by atoms with Crippen LogP contribution in [0.15, 0.2) is 83.4 Å². The molecule has 3 aromatic carbocycles. The standard InChI is InChI=1S/C22H14ClFN2O2/c23-15-7-5-14(6-8-15)20-13-25-22(28-20)19-4-2-1-3-18(19)21(27)26-17-11-9-16(24)10-12-17/h1-13H,(H,26,27). The van der Waals surface area contributed by atoms with Crippen LogP contribution in [0.25, 0.3) is 22.8 Å². The first-order chi connectivity index (χ1) is 13.6. The highest BCUT2D eigenvalue weighted by molar-refractivity contribution is 6.30. The first-order valence-corrected chi connectivity index (χ1v) is 8.86. The molecule has 0 aliphatic rings. The lowest BCUT2D eigenvalue weighted by atomic mass is 10.1. The Morgan fingerprint density at radius 2 is 1.68 bits per heavy atom. The molecule has 0 aliphatic heterocycles. The Hall–Kier alpha value is -3.44. The van der Waals surface area contributed by atoms with Crippen molar-refractivity contribution in [2.45, 2.75) is 0 Å². The fraction of sp³-hybridized carbons (Fsp3) is 0. The number of nitrogens with zero attached hydrogens (tertiary/aromatic N) is 1. The Morgan fingerprint density at radius 1 is 0.964 bits per heavy atom. The molecule has 1 amide bonds. The van der Waals surface area contributed by atoms with Gasteiger partial charge in [-0.3, -0.25) is 4.79 Å². The molecule has 28 heavy (non-hydrogen) atoms. The van der Waals surface area contributed by atoms with Crippen molar-refractivity contribution >= 4 is 23.2 Å². The average molecular weight is 393 g/mol. The molecule has 0 radical (unpaired) electrons. The van der Waals surface area contributed by atoms with E-state index in [-0.39, 0.29) is 11.7 Å². The smallest absolute Gasteiger partial charge is 0.256 e. The van der Waals surface area contributed by atoms with Crippen LogP contribution < -0.4 is 5.32 Å². The molecule has 1 heterocycles. The minimum atomic E-state index is -0.368. The third-order valence-electron chi connectivity index (χ3n) is 4.14. The zero-order valence-electron chi connectivity index (χ0n) is 14.5. The van der Waals surface area contributed by atoms with Crippen LogP contribution in [-0.4, -0.2) is 10.9 Å². The zero-order valence-corrected chi connectivity index (χ0v) is 15.3. The maximum Gasteiger partial charge on any atom is 0.256 e. The Balaban J connectivity index is 1.63. The zero-order chi connectivity index (χ0) is 19.5. The van der Waals surface area contributed by atoms with Gasteiger partial charge in [0.15, 0.2) is 5.76 Å². The van der Waals surface area contributed by atoms with Crippen molar-refractivity contribution in [3.8, 4) is 22.8 Å². The monoisotopic (exact) mass is 392 g/mol. The lowest BCUT2D eigenvalue weighted by molar-refractivity contribution is 0.102. The number of oxazole rings is 1. The largest absolute Gasteiger partial charge is 0.436 e. The van der Waals surface area contributed by atoms with Crippen LogP contribution in [-0.2, 0) is 0 Å². The summed E-state index contributed by atoms with van der Waals surface area (Å²) in [4.78, 5) is 17.0. The molecule has 4 nitrogen and oxygen atoms in total. The first-order valence-electron chi connectivity index (χ1n) is 8.48. The Morgan fingerprint density at radius 3 is 2.43 bits per heavy atom. The van der Waals surface area contributed by atoms with Gasteiger partial charge in [0.1, 0.15) is 5.82 Å². The van der Waals surface area contributed by atoms with Gasteiger partial charge in [-0.15, -0.1) is 0 Å². The summed E-state index contributed by atoms with van der Waals surface area (Å²) in [5.74, 6) is 0.191. The number of hydrogen-bond acceptors (Lipinski definition) is 3. The fourth-order valence-corrected chi connectivity index (χ4v) is 2.87. The van der Waals surface area contributed by atoms with Crippen molar-refractivity contribution in [3.05, 3.63) is 95.4 Å². The fourth-order valence-electron chi connectivity index (χ4n) is 2.75. The molecule has 0 atom stereocenters. The van der Waals surface area contributed by atoms with Crippen LogP contribution in [0.5, 0.6) is 0 Å². The quantitative estimate of drug-likeness (QED) is 0.459. The molecule has 138 valence electrons. The summed E-state index contributed by atoms with van der Waals surface area (Å²) in [5, 5.41) is 3.38. The van der Waals surface area contributed by atoms with Crippen LogP contribution in [0, 0.1) is 5.82 Å². The number of hydrogen-bond donors (Lipinski definition) is 1. The van der Waals surface area contributed by atoms with Gasteiger partial charge in [-0.1, -0.05) is 23.7 Å². The summed E-state index contributed by atoms with van der Waals surface area (Å²) < 4.78 is 18.9. The van der Waals surface area contributed by atoms with E-state index in [9.17, 15) is 9.18 Å². The molecular weight excluding hydrogens is 379 g/mol. The van der Waals surface area contributed by atoms with Gasteiger partial charge in [0.25, 0.3) is 5.91 Å². The molecule has 0 unspecified atom stereocenters. The summed E-state index contributed by atoms with van der Waals surface area (Å²) >= 11 is 5.92. The van der Waals surface area contributed by atoms with Gasteiger partial charge in [0, 0.05) is 21.8 Å². The lowest BCUT2D eigenvalue weighted by Gasteiger charge is -2.08. The first kappa shape index (κ1) is 17.9. The van der Waals surface area contributed by atoms with Crippen molar-refractivity contribution in [1.29, 1.82) is 0 Å². The molecular formula is C22H14ClFN2O2. The molecule has 6 heteroatoms. The number of amides is 1. The Labute approximate surface area is 165 Å². The Kier molecular flexibility index (Phi) is 4.91. The van der Waals surface area contributed by atoms with Crippen molar-refractivity contribution in [3.63, 3.8) is 0 Å². The van der Waals surface area contributed by atoms with Gasteiger partial charge >= 0.3 is 0 Å². The third kappa shape index (κ3) is 3.80. The van der Waals surface area contributed by atoms with Crippen molar-refractivity contribution in [1.82, 2.24) is 4.98 Å². The van der Waals surface area contributed by atoms with E-state index in [0.717, 1.165) is 5.56 Å². The highest BCUT2D eigenvalue weighted by Crippen LogP contribution is 2.29. The van der Waals surface area contributed by atoms with E-state index < -0.39 is 0 Å². The second kappa shape index (κ2) is 7.66. The highest BCUT2D eigenvalue weighted by atomic mass is 35.5. The van der Waals surface area contributed by atoms with E-state index in [1.54, 1.807) is 42.6 Å². The molecule has 4 rings (SSSR count). The molecule has 0 fully saturated rings. The number of aromatic nitrogens is 1. The van der Waals surface area contributed by atoms with E-state index in [4.69, 9.17) is 16.0 Å². The number of halogens is 2. The van der Waals surface area contributed by atoms with E-state index in [1.807, 2.05) is 12.1 Å². The molecule has 0 saturated carbocycles. The molecule has 0 aliphatic carbocycles. The minimum absolute atomic E-state index is 0.329. The van der Waals surface area contributed by atoms with E-state index >= 15 is 0 Å². The summed E-state index contributed by atoms with van der Waals surface area (Å²) in [7, 11) is 0. The van der Waals surface area contributed by atoms with Gasteiger partial charge in [0.05, 0.1) is 11.8 Å². The van der Waals surface area contributed by atoms with E-state index in [2.05, 4.69) is 10.3 Å². The van der Waals surface area contributed by atoms with E-state index in [1.165, 1.54) is 24.3 Å². The second-order valence-corrected chi connectivity index (χ2v) is 6.48. The maximum absolute atomic E-state index is 13.1. The SMILES string of the molecule is O=C(Nc1ccc(F)cc1)c1ccccc1-c1ncc(-c2ccc(Cl)cc2)o1. The molecule has 0 saturated heterocycles. The van der Waals surface area contributed by atoms with Gasteiger partial charge < -0.3 is 9.73 Å². The van der Waals surface area contributed by atoms with Crippen LogP contribution in [0.3, 0.4) is 0 Å². The number of rotatable bonds is 4. The summed E-state index contributed by atoms with van der Waals surface area (Å²) in [6.45, 7) is 0. The molecule has 4 aromatic rings. The van der Waals surface area contributed by atoms with Gasteiger partial charge in [-0.2, -0.15) is 0 Å². The van der Waals surface area contributed by atoms with Crippen LogP contribution in [0.4, 0.5) is 10.1 Å². The third-order valence-corrected chi connectivity index (χ3v) is 4.39. The number of carbonyl (C=O) groups is 1. The van der Waals surface area contributed by atoms with Crippen LogP contribution >= 0.6 is 11.6 Å². The van der Waals surface area contributed by atoms with Crippen molar-refractivity contribution in [2.75, 3.05) is 5.32 Å². The molecule has 0 bridgehead atoms. The topological polar surface area (TPSA) is 55.1 Å². The molecule has 1 N–H and O–H groups in total. The lowest BCUT2D eigenvalue weighted by Crippen LogP contribution is -2.13.